The fourth-order valence-electron chi connectivity index (χ4n) is 7.70. The highest BCUT2D eigenvalue weighted by atomic mass is 15.0. The molecular weight excluding hydrogens is 655 g/mol. The van der Waals surface area contributed by atoms with E-state index in [1.807, 2.05) is 36.4 Å². The number of nitrogens with zero attached hydrogens (tertiary/aromatic N) is 3. The van der Waals surface area contributed by atoms with E-state index < -0.39 is 0 Å². The fourth-order valence-corrected chi connectivity index (χ4v) is 7.70. The van der Waals surface area contributed by atoms with E-state index in [2.05, 4.69) is 164 Å². The van der Waals surface area contributed by atoms with Gasteiger partial charge in [-0.2, -0.15) is 0 Å². The van der Waals surface area contributed by atoms with Crippen LogP contribution in [0.3, 0.4) is 0 Å². The van der Waals surface area contributed by atoms with Gasteiger partial charge in [0.25, 0.3) is 0 Å². The van der Waals surface area contributed by atoms with Gasteiger partial charge in [-0.25, -0.2) is 15.0 Å². The second-order valence-corrected chi connectivity index (χ2v) is 13.6. The monoisotopic (exact) mass is 687 g/mol. The van der Waals surface area contributed by atoms with Crippen molar-refractivity contribution in [2.75, 3.05) is 0 Å². The van der Waals surface area contributed by atoms with Crippen LogP contribution in [-0.4, -0.2) is 15.0 Å². The van der Waals surface area contributed by atoms with Gasteiger partial charge in [0.1, 0.15) is 0 Å². The minimum atomic E-state index is 0.634. The van der Waals surface area contributed by atoms with Crippen molar-refractivity contribution in [3.8, 4) is 67.5 Å². The van der Waals surface area contributed by atoms with Gasteiger partial charge >= 0.3 is 0 Å². The molecule has 0 radical (unpaired) electrons. The van der Waals surface area contributed by atoms with Gasteiger partial charge in [-0.15, -0.1) is 0 Å². The molecule has 10 aromatic rings. The summed E-state index contributed by atoms with van der Waals surface area (Å²) in [5.74, 6) is 1.91. The third-order valence-electron chi connectivity index (χ3n) is 10.3. The molecule has 3 heteroatoms. The molecule has 0 saturated heterocycles. The van der Waals surface area contributed by atoms with Crippen LogP contribution in [0.25, 0.3) is 99.9 Å². The first kappa shape index (κ1) is 31.5. The van der Waals surface area contributed by atoms with E-state index >= 15 is 0 Å². The Labute approximate surface area is 313 Å². The average molecular weight is 688 g/mol. The Kier molecular flexibility index (Phi) is 7.81. The Bertz CT molecular complexity index is 2910. The van der Waals surface area contributed by atoms with Crippen LogP contribution in [0.1, 0.15) is 0 Å². The predicted molar refractivity (Wildman–Crippen MR) is 225 cm³/mol. The Balaban J connectivity index is 1.14. The first-order valence-corrected chi connectivity index (χ1v) is 18.3. The van der Waals surface area contributed by atoms with Crippen LogP contribution in [0, 0.1) is 0 Å². The van der Waals surface area contributed by atoms with Gasteiger partial charge in [0.2, 0.25) is 0 Å². The van der Waals surface area contributed by atoms with Crippen molar-refractivity contribution in [3.63, 3.8) is 0 Å². The van der Waals surface area contributed by atoms with Crippen LogP contribution in [0.4, 0.5) is 0 Å². The molecule has 0 spiro atoms. The summed E-state index contributed by atoms with van der Waals surface area (Å²) in [6, 6.07) is 70.7. The van der Waals surface area contributed by atoms with Crippen LogP contribution in [0.15, 0.2) is 200 Å². The molecular formula is C51H33N3. The molecule has 0 aliphatic rings. The SMILES string of the molecule is c1ccc(-c2ccc(-c3nc(-c4ccccc4)nc(-c4cccc(-c5c6ccccc6c(-c6ccc7ccccc7c6)c6ccccc56)c4)n3)cc2)cc1. The Morgan fingerprint density at radius 2 is 0.593 bits per heavy atom. The standard InChI is InChI=1S/C51H33N3/c1-3-14-34(15-4-1)36-26-29-38(30-27-36)50-52-49(37-17-5-2-6-18-37)53-51(54-50)42-21-13-20-40(33-42)47-43-22-9-11-24-45(43)48(46-25-12-10-23-44(46)47)41-31-28-35-16-7-8-19-39(35)32-41/h1-33H. The lowest BCUT2D eigenvalue weighted by molar-refractivity contribution is 1.07. The minimum Gasteiger partial charge on any atom is -0.208 e. The second kappa shape index (κ2) is 13.4. The quantitative estimate of drug-likeness (QED) is 0.163. The Morgan fingerprint density at radius 1 is 0.222 bits per heavy atom. The zero-order chi connectivity index (χ0) is 35.8. The van der Waals surface area contributed by atoms with Crippen molar-refractivity contribution in [2.24, 2.45) is 0 Å². The van der Waals surface area contributed by atoms with Crippen molar-refractivity contribution in [3.05, 3.63) is 200 Å². The molecule has 3 nitrogen and oxygen atoms in total. The first-order chi connectivity index (χ1) is 26.8. The van der Waals surface area contributed by atoms with E-state index in [0.717, 1.165) is 27.8 Å². The van der Waals surface area contributed by atoms with Crippen molar-refractivity contribution in [1.29, 1.82) is 0 Å². The van der Waals surface area contributed by atoms with Crippen molar-refractivity contribution in [1.82, 2.24) is 15.0 Å². The van der Waals surface area contributed by atoms with Gasteiger partial charge in [0.15, 0.2) is 17.5 Å². The van der Waals surface area contributed by atoms with Gasteiger partial charge in [0.05, 0.1) is 0 Å². The van der Waals surface area contributed by atoms with E-state index in [-0.39, 0.29) is 0 Å². The maximum Gasteiger partial charge on any atom is 0.164 e. The van der Waals surface area contributed by atoms with Crippen LogP contribution >= 0.6 is 0 Å². The third kappa shape index (κ3) is 5.69. The highest BCUT2D eigenvalue weighted by molar-refractivity contribution is 6.21. The lowest BCUT2D eigenvalue weighted by Crippen LogP contribution is -2.00. The molecule has 1 heterocycles. The molecule has 0 N–H and O–H groups in total. The molecule has 0 saturated carbocycles. The molecule has 1 aromatic heterocycles. The molecule has 0 unspecified atom stereocenters. The van der Waals surface area contributed by atoms with Crippen molar-refractivity contribution < 1.29 is 0 Å². The number of benzene rings is 9. The number of rotatable bonds is 6. The maximum absolute atomic E-state index is 5.12. The largest absolute Gasteiger partial charge is 0.208 e. The van der Waals surface area contributed by atoms with Gasteiger partial charge in [-0.05, 0) is 77.8 Å². The Hall–Kier alpha value is -7.23. The van der Waals surface area contributed by atoms with Gasteiger partial charge < -0.3 is 0 Å². The van der Waals surface area contributed by atoms with Gasteiger partial charge in [-0.1, -0.05) is 188 Å². The molecule has 0 amide bonds. The zero-order valence-corrected chi connectivity index (χ0v) is 29.4. The van der Waals surface area contributed by atoms with E-state index in [4.69, 9.17) is 15.0 Å². The number of hydrogen-bond donors (Lipinski definition) is 0. The van der Waals surface area contributed by atoms with Crippen LogP contribution in [0.2, 0.25) is 0 Å². The van der Waals surface area contributed by atoms with E-state index in [1.165, 1.54) is 54.6 Å². The number of hydrogen-bond acceptors (Lipinski definition) is 3. The predicted octanol–water partition coefficient (Wildman–Crippen LogP) is 13.3. The minimum absolute atomic E-state index is 0.634. The molecule has 54 heavy (non-hydrogen) atoms. The Morgan fingerprint density at radius 3 is 1.19 bits per heavy atom. The molecule has 0 fully saturated rings. The fraction of sp³-hybridized carbons (Fsp3) is 0. The highest BCUT2D eigenvalue weighted by Crippen LogP contribution is 2.44. The lowest BCUT2D eigenvalue weighted by Gasteiger charge is -2.18. The zero-order valence-electron chi connectivity index (χ0n) is 29.4. The normalized spacial score (nSPS) is 11.3. The van der Waals surface area contributed by atoms with E-state index in [0.29, 0.717) is 17.5 Å². The van der Waals surface area contributed by atoms with Gasteiger partial charge in [0, 0.05) is 16.7 Å². The molecule has 252 valence electrons. The first-order valence-electron chi connectivity index (χ1n) is 18.3. The summed E-state index contributed by atoms with van der Waals surface area (Å²) in [6.07, 6.45) is 0. The van der Waals surface area contributed by atoms with E-state index in [1.54, 1.807) is 0 Å². The molecule has 0 aliphatic carbocycles. The topological polar surface area (TPSA) is 38.7 Å². The van der Waals surface area contributed by atoms with Gasteiger partial charge in [-0.3, -0.25) is 0 Å². The number of fused-ring (bicyclic) bond motifs is 3. The van der Waals surface area contributed by atoms with Crippen molar-refractivity contribution in [2.45, 2.75) is 0 Å². The third-order valence-corrected chi connectivity index (χ3v) is 10.3. The second-order valence-electron chi connectivity index (χ2n) is 13.6. The average Bonchev–Trinajstić information content (AvgIpc) is 3.26. The van der Waals surface area contributed by atoms with Crippen molar-refractivity contribution >= 4 is 32.3 Å². The summed E-state index contributed by atoms with van der Waals surface area (Å²) in [7, 11) is 0. The van der Waals surface area contributed by atoms with Crippen LogP contribution < -0.4 is 0 Å². The summed E-state index contributed by atoms with van der Waals surface area (Å²) in [5.41, 5.74) is 9.91. The summed E-state index contributed by atoms with van der Waals surface area (Å²) in [5, 5.41) is 7.33. The summed E-state index contributed by atoms with van der Waals surface area (Å²) >= 11 is 0. The molecule has 10 rings (SSSR count). The summed E-state index contributed by atoms with van der Waals surface area (Å²) in [4.78, 5) is 15.2. The maximum atomic E-state index is 5.12. The van der Waals surface area contributed by atoms with Crippen LogP contribution in [0.5, 0.6) is 0 Å². The van der Waals surface area contributed by atoms with Crippen LogP contribution in [-0.2, 0) is 0 Å². The summed E-state index contributed by atoms with van der Waals surface area (Å²) in [6.45, 7) is 0. The molecule has 9 aromatic carbocycles. The van der Waals surface area contributed by atoms with E-state index in [9.17, 15) is 0 Å². The lowest BCUT2D eigenvalue weighted by atomic mass is 9.85. The molecule has 0 bridgehead atoms. The molecule has 0 aliphatic heterocycles. The number of aromatic nitrogens is 3. The highest BCUT2D eigenvalue weighted by Gasteiger charge is 2.18. The molecule has 0 atom stereocenters. The smallest absolute Gasteiger partial charge is 0.164 e. The summed E-state index contributed by atoms with van der Waals surface area (Å²) < 4.78 is 0.